The molecular formula is C9H5IOS2. The first-order valence-corrected chi connectivity index (χ1v) is 5.98. The Morgan fingerprint density at radius 2 is 2.31 bits per heavy atom. The van der Waals surface area contributed by atoms with Crippen LogP contribution in [0.2, 0.25) is 0 Å². The highest BCUT2D eigenvalue weighted by molar-refractivity contribution is 14.1. The summed E-state index contributed by atoms with van der Waals surface area (Å²) in [6.07, 6.45) is 0.876. The molecule has 0 aliphatic carbocycles. The van der Waals surface area contributed by atoms with Gasteiger partial charge in [-0.1, -0.05) is 0 Å². The van der Waals surface area contributed by atoms with E-state index >= 15 is 0 Å². The molecule has 1 nitrogen and oxygen atoms in total. The van der Waals surface area contributed by atoms with Gasteiger partial charge >= 0.3 is 0 Å². The Morgan fingerprint density at radius 1 is 1.54 bits per heavy atom. The number of fused-ring (bicyclic) bond motifs is 1. The average Bonchev–Trinajstić information content (AvgIpc) is 2.59. The van der Waals surface area contributed by atoms with E-state index in [0.29, 0.717) is 0 Å². The van der Waals surface area contributed by atoms with Crippen molar-refractivity contribution in [2.24, 2.45) is 0 Å². The summed E-state index contributed by atoms with van der Waals surface area (Å²) in [5, 5.41) is 3.14. The minimum atomic E-state index is 0.723. The first-order chi connectivity index (χ1) is 6.24. The topological polar surface area (TPSA) is 17.1 Å². The van der Waals surface area contributed by atoms with Crippen molar-refractivity contribution in [1.82, 2.24) is 0 Å². The molecule has 13 heavy (non-hydrogen) atoms. The number of thiol groups is 1. The monoisotopic (exact) mass is 320 g/mol. The fraction of sp³-hybridized carbons (Fsp3) is 0. The minimum Gasteiger partial charge on any atom is -0.298 e. The van der Waals surface area contributed by atoms with Crippen LogP contribution in [0.15, 0.2) is 22.4 Å². The molecule has 4 heteroatoms. The van der Waals surface area contributed by atoms with Gasteiger partial charge in [0.15, 0.2) is 6.29 Å². The Kier molecular flexibility index (Phi) is 2.62. The molecule has 0 saturated carbocycles. The second kappa shape index (κ2) is 3.59. The van der Waals surface area contributed by atoms with Crippen LogP contribution in [-0.2, 0) is 0 Å². The summed E-state index contributed by atoms with van der Waals surface area (Å²) in [7, 11) is 0. The van der Waals surface area contributed by atoms with Crippen molar-refractivity contribution in [3.05, 3.63) is 26.6 Å². The highest BCUT2D eigenvalue weighted by Crippen LogP contribution is 2.32. The van der Waals surface area contributed by atoms with Crippen molar-refractivity contribution >= 4 is 62.9 Å². The lowest BCUT2D eigenvalue weighted by Crippen LogP contribution is -1.87. The molecule has 66 valence electrons. The van der Waals surface area contributed by atoms with E-state index in [4.69, 9.17) is 0 Å². The summed E-state index contributed by atoms with van der Waals surface area (Å²) in [5.41, 5.74) is 0.723. The van der Waals surface area contributed by atoms with Gasteiger partial charge in [0, 0.05) is 24.1 Å². The Balaban J connectivity index is 2.91. The maximum atomic E-state index is 10.7. The van der Waals surface area contributed by atoms with E-state index in [1.807, 2.05) is 17.5 Å². The Hall–Kier alpha value is -0.0700. The largest absolute Gasteiger partial charge is 0.298 e. The zero-order valence-electron chi connectivity index (χ0n) is 6.45. The van der Waals surface area contributed by atoms with E-state index in [-0.39, 0.29) is 0 Å². The Morgan fingerprint density at radius 3 is 3.00 bits per heavy atom. The van der Waals surface area contributed by atoms with Gasteiger partial charge in [-0.25, -0.2) is 0 Å². The van der Waals surface area contributed by atoms with Crippen LogP contribution >= 0.6 is 46.6 Å². The van der Waals surface area contributed by atoms with Crippen LogP contribution in [0, 0.1) is 3.57 Å². The lowest BCUT2D eigenvalue weighted by atomic mass is 10.2. The molecule has 0 aliphatic heterocycles. The molecule has 0 aliphatic rings. The molecule has 1 heterocycles. The zero-order chi connectivity index (χ0) is 9.42. The molecule has 0 saturated heterocycles. The molecule has 0 atom stereocenters. The van der Waals surface area contributed by atoms with Gasteiger partial charge in [-0.2, -0.15) is 0 Å². The SMILES string of the molecule is O=Cc1cc2sccc2c(S)c1I. The van der Waals surface area contributed by atoms with Crippen LogP contribution in [0.5, 0.6) is 0 Å². The van der Waals surface area contributed by atoms with E-state index in [1.54, 1.807) is 11.3 Å². The first kappa shape index (κ1) is 9.48. The summed E-state index contributed by atoms with van der Waals surface area (Å²) < 4.78 is 2.05. The number of carbonyl (C=O) groups is 1. The second-order valence-corrected chi connectivity index (χ2v) is 5.05. The van der Waals surface area contributed by atoms with E-state index in [0.717, 1.165) is 30.4 Å². The highest BCUT2D eigenvalue weighted by atomic mass is 127. The molecule has 0 fully saturated rings. The Labute approximate surface area is 98.7 Å². The number of aldehydes is 1. The van der Waals surface area contributed by atoms with Gasteiger partial charge in [0.1, 0.15) is 0 Å². The molecule has 0 bridgehead atoms. The predicted octanol–water partition coefficient (Wildman–Crippen LogP) is 3.61. The maximum absolute atomic E-state index is 10.7. The summed E-state index contributed by atoms with van der Waals surface area (Å²) in [6, 6.07) is 3.94. The number of carbonyl (C=O) groups excluding carboxylic acids is 1. The average molecular weight is 320 g/mol. The third-order valence-electron chi connectivity index (χ3n) is 1.83. The molecule has 1 aromatic heterocycles. The van der Waals surface area contributed by atoms with Gasteiger partial charge in [-0.15, -0.1) is 24.0 Å². The number of hydrogen-bond donors (Lipinski definition) is 1. The molecule has 2 rings (SSSR count). The molecular weight excluding hydrogens is 315 g/mol. The fourth-order valence-electron chi connectivity index (χ4n) is 1.17. The first-order valence-electron chi connectivity index (χ1n) is 3.58. The van der Waals surface area contributed by atoms with E-state index in [2.05, 4.69) is 35.2 Å². The summed E-state index contributed by atoms with van der Waals surface area (Å²) in [6.45, 7) is 0. The summed E-state index contributed by atoms with van der Waals surface area (Å²) in [4.78, 5) is 11.6. The molecule has 1 aromatic carbocycles. The Bertz CT molecular complexity index is 476. The molecule has 0 amide bonds. The van der Waals surface area contributed by atoms with E-state index in [9.17, 15) is 4.79 Å². The summed E-state index contributed by atoms with van der Waals surface area (Å²) in [5.74, 6) is 0. The van der Waals surface area contributed by atoms with Crippen LogP contribution < -0.4 is 0 Å². The van der Waals surface area contributed by atoms with Crippen LogP contribution in [0.3, 0.4) is 0 Å². The predicted molar refractivity (Wildman–Crippen MR) is 67.2 cm³/mol. The number of benzene rings is 1. The maximum Gasteiger partial charge on any atom is 0.151 e. The van der Waals surface area contributed by atoms with Crippen molar-refractivity contribution < 1.29 is 4.79 Å². The van der Waals surface area contributed by atoms with Gasteiger partial charge in [0.2, 0.25) is 0 Å². The second-order valence-electron chi connectivity index (χ2n) is 2.58. The van der Waals surface area contributed by atoms with Crippen molar-refractivity contribution in [1.29, 1.82) is 0 Å². The zero-order valence-corrected chi connectivity index (χ0v) is 10.3. The molecule has 0 spiro atoms. The van der Waals surface area contributed by atoms with Crippen LogP contribution in [-0.4, -0.2) is 6.29 Å². The third-order valence-corrected chi connectivity index (χ3v) is 4.74. The van der Waals surface area contributed by atoms with E-state index < -0.39 is 0 Å². The van der Waals surface area contributed by atoms with Crippen LogP contribution in [0.1, 0.15) is 10.4 Å². The van der Waals surface area contributed by atoms with Crippen LogP contribution in [0.25, 0.3) is 10.1 Å². The molecule has 0 radical (unpaired) electrons. The highest BCUT2D eigenvalue weighted by Gasteiger charge is 2.08. The van der Waals surface area contributed by atoms with Crippen molar-refractivity contribution in [3.63, 3.8) is 0 Å². The quantitative estimate of drug-likeness (QED) is 0.483. The van der Waals surface area contributed by atoms with Gasteiger partial charge in [0.05, 0.1) is 0 Å². The van der Waals surface area contributed by atoms with Gasteiger partial charge in [0.25, 0.3) is 0 Å². The molecule has 0 N–H and O–H groups in total. The number of hydrogen-bond acceptors (Lipinski definition) is 3. The number of halogens is 1. The van der Waals surface area contributed by atoms with Crippen molar-refractivity contribution in [3.8, 4) is 0 Å². The third kappa shape index (κ3) is 1.51. The smallest absolute Gasteiger partial charge is 0.151 e. The minimum absolute atomic E-state index is 0.723. The van der Waals surface area contributed by atoms with Crippen LogP contribution in [0.4, 0.5) is 0 Å². The number of rotatable bonds is 1. The van der Waals surface area contributed by atoms with Gasteiger partial charge in [-0.3, -0.25) is 4.79 Å². The lowest BCUT2D eigenvalue weighted by Gasteiger charge is -2.01. The number of thiophene rings is 1. The normalized spacial score (nSPS) is 10.6. The summed E-state index contributed by atoms with van der Waals surface area (Å²) >= 11 is 8.17. The lowest BCUT2D eigenvalue weighted by molar-refractivity contribution is 0.112. The van der Waals surface area contributed by atoms with Crippen molar-refractivity contribution in [2.75, 3.05) is 0 Å². The molecule has 2 aromatic rings. The van der Waals surface area contributed by atoms with Crippen molar-refractivity contribution in [2.45, 2.75) is 4.90 Å². The molecule has 0 unspecified atom stereocenters. The van der Waals surface area contributed by atoms with E-state index in [1.165, 1.54) is 0 Å². The van der Waals surface area contributed by atoms with Gasteiger partial charge in [-0.05, 0) is 40.1 Å². The fourth-order valence-corrected chi connectivity index (χ4v) is 2.99. The van der Waals surface area contributed by atoms with Gasteiger partial charge < -0.3 is 0 Å². The standard InChI is InChI=1S/C9H5IOS2/c10-8-5(4-11)3-7-6(9(8)12)1-2-13-7/h1-4,12H.